The summed E-state index contributed by atoms with van der Waals surface area (Å²) in [4.78, 5) is 30.2. The molecule has 1 fully saturated rings. The number of hydrogen-bond acceptors (Lipinski definition) is 4. The smallest absolute Gasteiger partial charge is 0.229 e. The number of rotatable bonds is 5. The number of amides is 2. The summed E-state index contributed by atoms with van der Waals surface area (Å²) in [5, 5.41) is 2.80. The van der Waals surface area contributed by atoms with Gasteiger partial charge in [0.2, 0.25) is 11.8 Å². The minimum atomic E-state index is -0.778. The van der Waals surface area contributed by atoms with Crippen molar-refractivity contribution >= 4 is 23.2 Å². The van der Waals surface area contributed by atoms with E-state index in [4.69, 9.17) is 4.74 Å². The molecule has 0 unspecified atom stereocenters. The molecule has 1 saturated heterocycles. The fraction of sp³-hybridized carbons (Fsp3) is 0.174. The Labute approximate surface area is 177 Å². The SMILES string of the molecule is Cc1cc(NC(=O)[C@H]2CC(=O)N(c3cc(F)cc(F)c3)C2)ccc1Oc1cccnc1. The van der Waals surface area contributed by atoms with Gasteiger partial charge >= 0.3 is 0 Å². The van der Waals surface area contributed by atoms with Crippen LogP contribution >= 0.6 is 0 Å². The van der Waals surface area contributed by atoms with Crippen molar-refractivity contribution in [3.63, 3.8) is 0 Å². The summed E-state index contributed by atoms with van der Waals surface area (Å²) in [6, 6.07) is 11.6. The van der Waals surface area contributed by atoms with Crippen molar-refractivity contribution < 1.29 is 23.1 Å². The molecule has 31 heavy (non-hydrogen) atoms. The highest BCUT2D eigenvalue weighted by Crippen LogP contribution is 2.29. The lowest BCUT2D eigenvalue weighted by atomic mass is 10.1. The van der Waals surface area contributed by atoms with Gasteiger partial charge in [-0.25, -0.2) is 8.78 Å². The van der Waals surface area contributed by atoms with Gasteiger partial charge in [-0.3, -0.25) is 14.6 Å². The molecule has 8 heteroatoms. The molecule has 6 nitrogen and oxygen atoms in total. The monoisotopic (exact) mass is 423 g/mol. The number of nitrogens with one attached hydrogen (secondary N) is 1. The van der Waals surface area contributed by atoms with E-state index >= 15 is 0 Å². The van der Waals surface area contributed by atoms with Crippen molar-refractivity contribution in [2.45, 2.75) is 13.3 Å². The molecule has 158 valence electrons. The average Bonchev–Trinajstić information content (AvgIpc) is 3.12. The van der Waals surface area contributed by atoms with Crippen molar-refractivity contribution in [1.82, 2.24) is 4.98 Å². The van der Waals surface area contributed by atoms with Crippen LogP contribution in [0.1, 0.15) is 12.0 Å². The van der Waals surface area contributed by atoms with Crippen LogP contribution in [0, 0.1) is 24.5 Å². The largest absolute Gasteiger partial charge is 0.455 e. The number of nitrogens with zero attached hydrogens (tertiary/aromatic N) is 2. The van der Waals surface area contributed by atoms with Gasteiger partial charge in [-0.1, -0.05) is 0 Å². The molecule has 1 N–H and O–H groups in total. The van der Waals surface area contributed by atoms with E-state index in [1.807, 2.05) is 6.92 Å². The summed E-state index contributed by atoms with van der Waals surface area (Å²) in [5.41, 5.74) is 1.47. The molecule has 0 saturated carbocycles. The van der Waals surface area contributed by atoms with Gasteiger partial charge in [0.25, 0.3) is 0 Å². The van der Waals surface area contributed by atoms with Crippen LogP contribution in [0.3, 0.4) is 0 Å². The molecule has 1 atom stereocenters. The zero-order valence-electron chi connectivity index (χ0n) is 16.6. The average molecular weight is 423 g/mol. The van der Waals surface area contributed by atoms with Crippen LogP contribution in [0.4, 0.5) is 20.2 Å². The topological polar surface area (TPSA) is 71.5 Å². The molecule has 0 radical (unpaired) electrons. The van der Waals surface area contributed by atoms with Crippen molar-refractivity contribution in [3.05, 3.63) is 78.1 Å². The Bertz CT molecular complexity index is 1120. The Balaban J connectivity index is 1.42. The lowest BCUT2D eigenvalue weighted by Gasteiger charge is -2.17. The first-order valence-electron chi connectivity index (χ1n) is 9.65. The third-order valence-electron chi connectivity index (χ3n) is 4.96. The summed E-state index contributed by atoms with van der Waals surface area (Å²) in [7, 11) is 0. The first-order valence-corrected chi connectivity index (χ1v) is 9.65. The van der Waals surface area contributed by atoms with Crippen molar-refractivity contribution in [2.24, 2.45) is 5.92 Å². The lowest BCUT2D eigenvalue weighted by Crippen LogP contribution is -2.28. The Morgan fingerprint density at radius 1 is 1.16 bits per heavy atom. The number of ether oxygens (including phenoxy) is 1. The van der Waals surface area contributed by atoms with Crippen LogP contribution in [-0.2, 0) is 9.59 Å². The molecule has 0 aliphatic carbocycles. The number of carbonyl (C=O) groups is 2. The van der Waals surface area contributed by atoms with Crippen molar-refractivity contribution in [2.75, 3.05) is 16.8 Å². The van der Waals surface area contributed by atoms with E-state index in [9.17, 15) is 18.4 Å². The highest BCUT2D eigenvalue weighted by molar-refractivity contribution is 6.03. The molecule has 4 rings (SSSR count). The summed E-state index contributed by atoms with van der Waals surface area (Å²) < 4.78 is 32.8. The zero-order chi connectivity index (χ0) is 22.0. The van der Waals surface area contributed by atoms with E-state index < -0.39 is 17.6 Å². The standard InChI is InChI=1S/C23H19F2N3O3/c1-14-7-18(4-5-21(14)31-20-3-2-6-26-12-20)27-23(30)15-8-22(29)28(13-15)19-10-16(24)9-17(25)11-19/h2-7,9-12,15H,8,13H2,1H3,(H,27,30)/t15-/m0/s1. The van der Waals surface area contributed by atoms with Crippen molar-refractivity contribution in [1.29, 1.82) is 0 Å². The highest BCUT2D eigenvalue weighted by atomic mass is 19.1. The van der Waals surface area contributed by atoms with E-state index in [1.165, 1.54) is 4.90 Å². The summed E-state index contributed by atoms with van der Waals surface area (Å²) in [5.74, 6) is -1.67. The number of anilines is 2. The number of carbonyl (C=O) groups excluding carboxylic acids is 2. The fourth-order valence-electron chi connectivity index (χ4n) is 3.45. The third kappa shape index (κ3) is 4.69. The van der Waals surface area contributed by atoms with E-state index in [0.29, 0.717) is 17.2 Å². The lowest BCUT2D eigenvalue weighted by molar-refractivity contribution is -0.122. The van der Waals surface area contributed by atoms with Gasteiger partial charge < -0.3 is 15.0 Å². The molecular formula is C23H19F2N3O3. The number of halogens is 2. The number of pyridine rings is 1. The van der Waals surface area contributed by atoms with Crippen LogP contribution in [0.25, 0.3) is 0 Å². The molecule has 2 aromatic carbocycles. The Morgan fingerprint density at radius 2 is 1.94 bits per heavy atom. The Hall–Kier alpha value is -3.81. The van der Waals surface area contributed by atoms with Crippen LogP contribution in [0.2, 0.25) is 0 Å². The predicted octanol–water partition coefficient (Wildman–Crippen LogP) is 4.45. The molecule has 1 aromatic heterocycles. The number of aromatic nitrogens is 1. The highest BCUT2D eigenvalue weighted by Gasteiger charge is 2.35. The summed E-state index contributed by atoms with van der Waals surface area (Å²) >= 11 is 0. The number of aryl methyl sites for hydroxylation is 1. The van der Waals surface area contributed by atoms with Crippen LogP contribution in [-0.4, -0.2) is 23.3 Å². The van der Waals surface area contributed by atoms with Gasteiger partial charge in [0.1, 0.15) is 23.1 Å². The maximum Gasteiger partial charge on any atom is 0.229 e. The fourth-order valence-corrected chi connectivity index (χ4v) is 3.45. The van der Waals surface area contributed by atoms with Gasteiger partial charge in [0, 0.05) is 36.6 Å². The first kappa shape index (κ1) is 20.5. The maximum absolute atomic E-state index is 13.5. The van der Waals surface area contributed by atoms with Gasteiger partial charge in [-0.05, 0) is 55.0 Å². The molecule has 1 aliphatic heterocycles. The number of benzene rings is 2. The Kier molecular flexibility index (Phi) is 5.62. The van der Waals surface area contributed by atoms with Crippen LogP contribution < -0.4 is 15.0 Å². The molecule has 0 spiro atoms. The first-order chi connectivity index (χ1) is 14.9. The Morgan fingerprint density at radius 3 is 2.61 bits per heavy atom. The third-order valence-corrected chi connectivity index (χ3v) is 4.96. The van der Waals surface area contributed by atoms with Gasteiger partial charge in [0.05, 0.1) is 12.1 Å². The summed E-state index contributed by atoms with van der Waals surface area (Å²) in [6.07, 6.45) is 3.21. The van der Waals surface area contributed by atoms with E-state index in [-0.39, 0.29) is 30.5 Å². The summed E-state index contributed by atoms with van der Waals surface area (Å²) in [6.45, 7) is 1.90. The molecule has 2 amide bonds. The minimum absolute atomic E-state index is 0.0366. The maximum atomic E-state index is 13.5. The van der Waals surface area contributed by atoms with E-state index in [0.717, 1.165) is 23.8 Å². The minimum Gasteiger partial charge on any atom is -0.455 e. The number of hydrogen-bond donors (Lipinski definition) is 1. The second-order valence-corrected chi connectivity index (χ2v) is 7.29. The normalized spacial score (nSPS) is 15.8. The van der Waals surface area contributed by atoms with E-state index in [1.54, 1.807) is 42.7 Å². The van der Waals surface area contributed by atoms with Crippen LogP contribution in [0.15, 0.2) is 60.9 Å². The van der Waals surface area contributed by atoms with E-state index in [2.05, 4.69) is 10.3 Å². The quantitative estimate of drug-likeness (QED) is 0.658. The van der Waals surface area contributed by atoms with Gasteiger partial charge in [-0.15, -0.1) is 0 Å². The molecule has 1 aliphatic rings. The molecule has 2 heterocycles. The zero-order valence-corrected chi connectivity index (χ0v) is 16.6. The molecule has 3 aromatic rings. The van der Waals surface area contributed by atoms with Gasteiger partial charge in [-0.2, -0.15) is 0 Å². The van der Waals surface area contributed by atoms with Crippen molar-refractivity contribution in [3.8, 4) is 11.5 Å². The predicted molar refractivity (Wildman–Crippen MR) is 111 cm³/mol. The second kappa shape index (κ2) is 8.51. The molecule has 0 bridgehead atoms. The molecular weight excluding hydrogens is 404 g/mol. The van der Waals surface area contributed by atoms with Gasteiger partial charge in [0.15, 0.2) is 0 Å². The van der Waals surface area contributed by atoms with Crippen LogP contribution in [0.5, 0.6) is 11.5 Å². The second-order valence-electron chi connectivity index (χ2n) is 7.29.